The first kappa shape index (κ1) is 18.5. The third-order valence-corrected chi connectivity index (χ3v) is 4.28. The molecule has 0 bridgehead atoms. The van der Waals surface area contributed by atoms with E-state index in [1.54, 1.807) is 0 Å². The molecule has 1 fully saturated rings. The summed E-state index contributed by atoms with van der Waals surface area (Å²) in [7, 11) is 0. The molecule has 0 amide bonds. The third kappa shape index (κ3) is 4.10. The SMILES string of the molecule is N#C[C@]1(COCc2ccccc2)OC(O)[C@H](O)[C@@H]1OCc1ccccc1. The lowest BCUT2D eigenvalue weighted by molar-refractivity contribution is -0.163. The zero-order valence-corrected chi connectivity index (χ0v) is 14.2. The summed E-state index contributed by atoms with van der Waals surface area (Å²) in [5.41, 5.74) is 0.252. The van der Waals surface area contributed by atoms with Crippen LogP contribution in [0.2, 0.25) is 0 Å². The average molecular weight is 355 g/mol. The van der Waals surface area contributed by atoms with Crippen molar-refractivity contribution in [2.75, 3.05) is 6.61 Å². The van der Waals surface area contributed by atoms with E-state index >= 15 is 0 Å². The zero-order valence-electron chi connectivity index (χ0n) is 14.2. The van der Waals surface area contributed by atoms with E-state index in [0.29, 0.717) is 0 Å². The van der Waals surface area contributed by atoms with Crippen LogP contribution in [-0.4, -0.2) is 40.9 Å². The molecule has 0 saturated carbocycles. The second-order valence-corrected chi connectivity index (χ2v) is 6.20. The van der Waals surface area contributed by atoms with Crippen LogP contribution in [0, 0.1) is 11.3 Å². The molecule has 1 aliphatic rings. The van der Waals surface area contributed by atoms with Crippen molar-refractivity contribution in [1.82, 2.24) is 0 Å². The minimum absolute atomic E-state index is 0.133. The summed E-state index contributed by atoms with van der Waals surface area (Å²) in [5.74, 6) is 0. The van der Waals surface area contributed by atoms with E-state index in [1.807, 2.05) is 66.7 Å². The molecule has 1 unspecified atom stereocenters. The van der Waals surface area contributed by atoms with Crippen LogP contribution in [0.1, 0.15) is 11.1 Å². The van der Waals surface area contributed by atoms with Gasteiger partial charge in [-0.25, -0.2) is 0 Å². The maximum Gasteiger partial charge on any atom is 0.209 e. The predicted octanol–water partition coefficient (Wildman–Crippen LogP) is 1.76. The van der Waals surface area contributed by atoms with Crippen molar-refractivity contribution in [3.05, 3.63) is 71.8 Å². The Kier molecular flexibility index (Phi) is 5.99. The van der Waals surface area contributed by atoms with Gasteiger partial charge in [0.25, 0.3) is 0 Å². The predicted molar refractivity (Wildman–Crippen MR) is 92.6 cm³/mol. The lowest BCUT2D eigenvalue weighted by atomic mass is 9.97. The van der Waals surface area contributed by atoms with Crippen LogP contribution in [0.15, 0.2) is 60.7 Å². The van der Waals surface area contributed by atoms with Crippen LogP contribution in [-0.2, 0) is 27.4 Å². The van der Waals surface area contributed by atoms with Crippen LogP contribution in [0.3, 0.4) is 0 Å². The summed E-state index contributed by atoms with van der Waals surface area (Å²) in [6, 6.07) is 20.9. The molecule has 0 radical (unpaired) electrons. The van der Waals surface area contributed by atoms with E-state index in [2.05, 4.69) is 0 Å². The molecule has 2 aromatic rings. The van der Waals surface area contributed by atoms with E-state index in [1.165, 1.54) is 0 Å². The lowest BCUT2D eigenvalue weighted by Crippen LogP contribution is -2.47. The van der Waals surface area contributed by atoms with Crippen molar-refractivity contribution < 1.29 is 24.4 Å². The monoisotopic (exact) mass is 355 g/mol. The molecule has 4 atom stereocenters. The quantitative estimate of drug-likeness (QED) is 0.786. The molecule has 0 aromatic heterocycles. The maximum absolute atomic E-state index is 10.2. The van der Waals surface area contributed by atoms with E-state index in [4.69, 9.17) is 14.2 Å². The molecule has 1 saturated heterocycles. The molecule has 2 N–H and O–H groups in total. The van der Waals surface area contributed by atoms with Crippen molar-refractivity contribution in [2.24, 2.45) is 0 Å². The van der Waals surface area contributed by atoms with Gasteiger partial charge in [-0.1, -0.05) is 60.7 Å². The van der Waals surface area contributed by atoms with E-state index in [9.17, 15) is 15.5 Å². The summed E-state index contributed by atoms with van der Waals surface area (Å²) in [6.45, 7) is 0.331. The molecule has 1 aliphatic heterocycles. The van der Waals surface area contributed by atoms with E-state index in [0.717, 1.165) is 11.1 Å². The molecular weight excluding hydrogens is 334 g/mol. The van der Waals surface area contributed by atoms with Gasteiger partial charge in [-0.3, -0.25) is 0 Å². The Balaban J connectivity index is 1.67. The van der Waals surface area contributed by atoms with Crippen LogP contribution in [0.4, 0.5) is 0 Å². The fourth-order valence-electron chi connectivity index (χ4n) is 2.90. The first-order valence-electron chi connectivity index (χ1n) is 8.37. The average Bonchev–Trinajstić information content (AvgIpc) is 2.92. The molecule has 6 nitrogen and oxygen atoms in total. The molecule has 3 rings (SSSR count). The minimum Gasteiger partial charge on any atom is -0.385 e. The highest BCUT2D eigenvalue weighted by molar-refractivity contribution is 5.17. The van der Waals surface area contributed by atoms with Crippen molar-refractivity contribution in [2.45, 2.75) is 37.3 Å². The second kappa shape index (κ2) is 8.41. The van der Waals surface area contributed by atoms with Gasteiger partial charge in [0.2, 0.25) is 5.60 Å². The van der Waals surface area contributed by atoms with Gasteiger partial charge >= 0.3 is 0 Å². The summed E-state index contributed by atoms with van der Waals surface area (Å²) >= 11 is 0. The normalized spacial score (nSPS) is 28.0. The Morgan fingerprint density at radius 1 is 0.962 bits per heavy atom. The van der Waals surface area contributed by atoms with Gasteiger partial charge < -0.3 is 24.4 Å². The van der Waals surface area contributed by atoms with Crippen LogP contribution in [0.5, 0.6) is 0 Å². The van der Waals surface area contributed by atoms with Gasteiger partial charge in [0.15, 0.2) is 6.29 Å². The van der Waals surface area contributed by atoms with Gasteiger partial charge in [-0.05, 0) is 11.1 Å². The van der Waals surface area contributed by atoms with Gasteiger partial charge in [-0.15, -0.1) is 0 Å². The summed E-state index contributed by atoms with van der Waals surface area (Å²) in [6.07, 6.45) is -3.87. The van der Waals surface area contributed by atoms with Crippen LogP contribution >= 0.6 is 0 Å². The van der Waals surface area contributed by atoms with Gasteiger partial charge in [0.05, 0.1) is 19.8 Å². The highest BCUT2D eigenvalue weighted by Crippen LogP contribution is 2.33. The van der Waals surface area contributed by atoms with E-state index < -0.39 is 24.1 Å². The fraction of sp³-hybridized carbons (Fsp3) is 0.350. The number of rotatable bonds is 7. The largest absolute Gasteiger partial charge is 0.385 e. The number of nitriles is 1. The maximum atomic E-state index is 10.2. The molecule has 1 heterocycles. The first-order valence-corrected chi connectivity index (χ1v) is 8.37. The molecule has 0 spiro atoms. The number of nitrogens with zero attached hydrogens (tertiary/aromatic N) is 1. The second-order valence-electron chi connectivity index (χ2n) is 6.20. The standard InChI is InChI=1S/C20H21NO5/c21-13-20(14-24-11-15-7-3-1-4-8-15)18(17(22)19(23)26-20)25-12-16-9-5-2-6-10-16/h1-10,17-19,22-23H,11-12,14H2/t17-,18+,19?,20-/m1/s1. The Hall–Kier alpha value is -2.27. The number of ether oxygens (including phenoxy) is 3. The van der Waals surface area contributed by atoms with Gasteiger partial charge in [-0.2, -0.15) is 5.26 Å². The highest BCUT2D eigenvalue weighted by atomic mass is 16.7. The van der Waals surface area contributed by atoms with Crippen LogP contribution < -0.4 is 0 Å². The topological polar surface area (TPSA) is 91.9 Å². The van der Waals surface area contributed by atoms with Crippen molar-refractivity contribution in [3.63, 3.8) is 0 Å². The van der Waals surface area contributed by atoms with E-state index in [-0.39, 0.29) is 19.8 Å². The van der Waals surface area contributed by atoms with Gasteiger partial charge in [0, 0.05) is 0 Å². The summed E-state index contributed by atoms with van der Waals surface area (Å²) in [4.78, 5) is 0. The number of hydrogen-bond donors (Lipinski definition) is 2. The smallest absolute Gasteiger partial charge is 0.209 e. The molecule has 26 heavy (non-hydrogen) atoms. The molecular formula is C20H21NO5. The zero-order chi connectivity index (χ0) is 18.4. The van der Waals surface area contributed by atoms with Crippen molar-refractivity contribution in [1.29, 1.82) is 5.26 Å². The molecule has 2 aromatic carbocycles. The Morgan fingerprint density at radius 2 is 1.54 bits per heavy atom. The Morgan fingerprint density at radius 3 is 2.12 bits per heavy atom. The fourth-order valence-corrected chi connectivity index (χ4v) is 2.90. The molecule has 136 valence electrons. The number of hydrogen-bond acceptors (Lipinski definition) is 6. The third-order valence-electron chi connectivity index (χ3n) is 4.28. The highest BCUT2D eigenvalue weighted by Gasteiger charge is 2.56. The molecule has 6 heteroatoms. The number of aliphatic hydroxyl groups is 2. The molecule has 0 aliphatic carbocycles. The Labute approximate surface area is 152 Å². The summed E-state index contributed by atoms with van der Waals surface area (Å²) < 4.78 is 16.7. The first-order chi connectivity index (χ1) is 12.6. The summed E-state index contributed by atoms with van der Waals surface area (Å²) in [5, 5.41) is 29.8. The van der Waals surface area contributed by atoms with Crippen molar-refractivity contribution in [3.8, 4) is 6.07 Å². The lowest BCUT2D eigenvalue weighted by Gasteiger charge is -2.27. The number of benzene rings is 2. The Bertz CT molecular complexity index is 733. The van der Waals surface area contributed by atoms with Gasteiger partial charge in [0.1, 0.15) is 18.3 Å². The minimum atomic E-state index is -1.58. The number of aliphatic hydroxyl groups excluding tert-OH is 2. The van der Waals surface area contributed by atoms with Crippen molar-refractivity contribution >= 4 is 0 Å². The van der Waals surface area contributed by atoms with Crippen LogP contribution in [0.25, 0.3) is 0 Å².